The molecular formula is C31H29F6N5O2. The molecule has 1 atom stereocenters. The van der Waals surface area contributed by atoms with Crippen LogP contribution in [0.25, 0.3) is 10.9 Å². The molecular weight excluding hydrogens is 588 g/mol. The average Bonchev–Trinajstić information content (AvgIpc) is 3.39. The third-order valence-corrected chi connectivity index (χ3v) is 7.45. The Morgan fingerprint density at radius 2 is 1.68 bits per heavy atom. The second kappa shape index (κ2) is 12.7. The number of para-hydroxylation sites is 1. The minimum atomic E-state index is -5.06. The van der Waals surface area contributed by atoms with E-state index >= 15 is 0 Å². The van der Waals surface area contributed by atoms with Gasteiger partial charge in [-0.2, -0.15) is 26.3 Å². The van der Waals surface area contributed by atoms with E-state index in [2.05, 4.69) is 15.1 Å². The van der Waals surface area contributed by atoms with E-state index in [4.69, 9.17) is 4.84 Å². The number of carbonyl (C=O) groups is 1. The lowest BCUT2D eigenvalue weighted by Gasteiger charge is -2.41. The van der Waals surface area contributed by atoms with Gasteiger partial charge in [0.15, 0.2) is 0 Å². The molecule has 0 aliphatic carbocycles. The van der Waals surface area contributed by atoms with Crippen molar-refractivity contribution in [3.05, 3.63) is 101 Å². The molecule has 1 fully saturated rings. The van der Waals surface area contributed by atoms with Crippen molar-refractivity contribution in [1.82, 2.24) is 19.8 Å². The fraction of sp³-hybridized carbons (Fsp3) is 0.323. The number of rotatable bonds is 8. The number of amides is 1. The molecule has 1 aliphatic rings. The highest BCUT2D eigenvalue weighted by molar-refractivity contribution is 5.95. The number of carbonyl (C=O) groups excluding carboxylic acids is 1. The number of hydrogen-bond donors (Lipinski definition) is 1. The minimum absolute atomic E-state index is 0.0248. The Hall–Kier alpha value is -4.39. The molecule has 0 unspecified atom stereocenters. The summed E-state index contributed by atoms with van der Waals surface area (Å²) in [4.78, 5) is 29.7. The Morgan fingerprint density at radius 1 is 1.00 bits per heavy atom. The van der Waals surface area contributed by atoms with Crippen LogP contribution >= 0.6 is 0 Å². The first-order chi connectivity index (χ1) is 20.9. The average molecular weight is 618 g/mol. The number of nitrogens with one attached hydrogen (secondary N) is 1. The van der Waals surface area contributed by atoms with Gasteiger partial charge in [0.25, 0.3) is 5.91 Å². The molecule has 0 saturated carbocycles. The van der Waals surface area contributed by atoms with Gasteiger partial charge in [-0.3, -0.25) is 14.7 Å². The van der Waals surface area contributed by atoms with Crippen molar-refractivity contribution in [2.45, 2.75) is 38.3 Å². The number of alkyl halides is 6. The summed E-state index contributed by atoms with van der Waals surface area (Å²) in [5.41, 5.74) is -0.413. The van der Waals surface area contributed by atoms with Crippen molar-refractivity contribution in [1.29, 1.82) is 0 Å². The molecule has 232 valence electrons. The molecule has 0 bridgehead atoms. The second-order valence-corrected chi connectivity index (χ2v) is 10.7. The van der Waals surface area contributed by atoms with Gasteiger partial charge >= 0.3 is 12.4 Å². The summed E-state index contributed by atoms with van der Waals surface area (Å²) in [5, 5.41) is 5.09. The number of fused-ring (bicyclic) bond motifs is 1. The number of aromatic nitrogens is 2. The maximum Gasteiger partial charge on any atom is 0.416 e. The summed E-state index contributed by atoms with van der Waals surface area (Å²) in [6.07, 6.45) is -4.70. The number of halogens is 6. The van der Waals surface area contributed by atoms with Crippen molar-refractivity contribution in [3.63, 3.8) is 0 Å². The Labute approximate surface area is 249 Å². The molecule has 1 N–H and O–H groups in total. The van der Waals surface area contributed by atoms with E-state index in [0.717, 1.165) is 22.0 Å². The van der Waals surface area contributed by atoms with E-state index < -0.39 is 41.0 Å². The lowest BCUT2D eigenvalue weighted by Crippen LogP contribution is -2.56. The van der Waals surface area contributed by atoms with Gasteiger partial charge in [-0.15, -0.1) is 0 Å². The summed E-state index contributed by atoms with van der Waals surface area (Å²) in [6.45, 7) is 3.17. The molecule has 0 radical (unpaired) electrons. The topological polar surface area (TPSA) is 73.8 Å². The normalized spacial score (nSPS) is 16.8. The number of piperazine rings is 1. The van der Waals surface area contributed by atoms with Crippen LogP contribution in [0.4, 0.5) is 26.3 Å². The first-order valence-corrected chi connectivity index (χ1v) is 13.8. The largest absolute Gasteiger partial charge is 0.416 e. The van der Waals surface area contributed by atoms with E-state index in [9.17, 15) is 31.1 Å². The van der Waals surface area contributed by atoms with E-state index in [1.807, 2.05) is 29.2 Å². The highest BCUT2D eigenvalue weighted by atomic mass is 19.4. The number of oxime groups is 1. The maximum absolute atomic E-state index is 13.7. The highest BCUT2D eigenvalue weighted by Gasteiger charge is 2.39. The van der Waals surface area contributed by atoms with E-state index in [-0.39, 0.29) is 19.2 Å². The number of hydrogen-bond acceptors (Lipinski definition) is 5. The molecule has 0 spiro atoms. The van der Waals surface area contributed by atoms with Crippen molar-refractivity contribution in [2.24, 2.45) is 5.16 Å². The van der Waals surface area contributed by atoms with Gasteiger partial charge in [-0.25, -0.2) is 0 Å². The summed E-state index contributed by atoms with van der Waals surface area (Å²) in [7, 11) is 0. The van der Waals surface area contributed by atoms with Crippen LogP contribution < -0.4 is 0 Å². The molecule has 44 heavy (non-hydrogen) atoms. The first kappa shape index (κ1) is 31.0. The minimum Gasteiger partial charge on any atom is -0.391 e. The Bertz CT molecular complexity index is 1600. The third-order valence-electron chi connectivity index (χ3n) is 7.45. The van der Waals surface area contributed by atoms with Crippen LogP contribution in [0.2, 0.25) is 0 Å². The smallest absolute Gasteiger partial charge is 0.391 e. The standard InChI is InChI=1S/C31H29F6N5O2/c1-20(40-44-19-21-6-8-38-9-7-21)17-41-10-11-42(26(18-41)14-23-16-39-28-5-3-2-4-27(23)28)29(43)22-12-24(30(32,33)34)15-25(13-22)31(35,36)37/h2-9,12-13,15-16,26,39H,10-11,14,17-19H2,1H3/b40-20+/t26-/m1/s1. The van der Waals surface area contributed by atoms with Gasteiger partial charge in [-0.1, -0.05) is 23.4 Å². The number of benzene rings is 2. The molecule has 3 heterocycles. The summed E-state index contributed by atoms with van der Waals surface area (Å²) >= 11 is 0. The van der Waals surface area contributed by atoms with Gasteiger partial charge in [0.05, 0.1) is 16.8 Å². The highest BCUT2D eigenvalue weighted by Crippen LogP contribution is 2.37. The van der Waals surface area contributed by atoms with Crippen LogP contribution in [0, 0.1) is 0 Å². The van der Waals surface area contributed by atoms with Crippen LogP contribution in [0.5, 0.6) is 0 Å². The van der Waals surface area contributed by atoms with Gasteiger partial charge in [-0.05, 0) is 60.9 Å². The zero-order chi connectivity index (χ0) is 31.5. The number of aromatic amines is 1. The first-order valence-electron chi connectivity index (χ1n) is 13.8. The fourth-order valence-corrected chi connectivity index (χ4v) is 5.35. The molecule has 4 aromatic rings. The second-order valence-electron chi connectivity index (χ2n) is 10.7. The quantitative estimate of drug-likeness (QED) is 0.138. The van der Waals surface area contributed by atoms with Crippen molar-refractivity contribution in [3.8, 4) is 0 Å². The zero-order valence-electron chi connectivity index (χ0n) is 23.6. The van der Waals surface area contributed by atoms with Gasteiger partial charge < -0.3 is 14.7 Å². The van der Waals surface area contributed by atoms with E-state index in [1.165, 1.54) is 4.90 Å². The Balaban J connectivity index is 1.39. The lowest BCUT2D eigenvalue weighted by molar-refractivity contribution is -0.143. The molecule has 2 aromatic carbocycles. The molecule has 13 heteroatoms. The van der Waals surface area contributed by atoms with Crippen LogP contribution in [0.15, 0.2) is 78.3 Å². The Kier molecular flexibility index (Phi) is 8.95. The molecule has 1 aliphatic heterocycles. The number of nitrogens with zero attached hydrogens (tertiary/aromatic N) is 4. The predicted octanol–water partition coefficient (Wildman–Crippen LogP) is 6.56. The number of H-pyrrole nitrogens is 1. The van der Waals surface area contributed by atoms with Gasteiger partial charge in [0.2, 0.25) is 0 Å². The van der Waals surface area contributed by atoms with Crippen LogP contribution in [0.3, 0.4) is 0 Å². The van der Waals surface area contributed by atoms with Crippen molar-refractivity contribution < 1.29 is 36.0 Å². The molecule has 2 aromatic heterocycles. The van der Waals surface area contributed by atoms with E-state index in [0.29, 0.717) is 43.9 Å². The predicted molar refractivity (Wildman–Crippen MR) is 152 cm³/mol. The molecule has 5 rings (SSSR count). The van der Waals surface area contributed by atoms with Crippen molar-refractivity contribution in [2.75, 3.05) is 26.2 Å². The summed E-state index contributed by atoms with van der Waals surface area (Å²) in [5.74, 6) is -0.892. The third kappa shape index (κ3) is 7.39. The van der Waals surface area contributed by atoms with Crippen LogP contribution in [-0.2, 0) is 30.2 Å². The van der Waals surface area contributed by atoms with E-state index in [1.54, 1.807) is 37.6 Å². The SMILES string of the molecule is C/C(CN1CCN(C(=O)c2cc(C(F)(F)F)cc(C(F)(F)F)c2)[C@H](Cc2c[nH]c3ccccc23)C1)=N\OCc1ccncc1. The zero-order valence-corrected chi connectivity index (χ0v) is 23.6. The van der Waals surface area contributed by atoms with Crippen molar-refractivity contribution >= 4 is 22.5 Å². The molecule has 1 saturated heterocycles. The fourth-order valence-electron chi connectivity index (χ4n) is 5.35. The Morgan fingerprint density at radius 3 is 2.36 bits per heavy atom. The number of pyridine rings is 1. The lowest BCUT2D eigenvalue weighted by atomic mass is 9.98. The van der Waals surface area contributed by atoms with Crippen LogP contribution in [-0.4, -0.2) is 63.6 Å². The summed E-state index contributed by atoms with van der Waals surface area (Å²) < 4.78 is 81.3. The molecule has 1 amide bonds. The van der Waals surface area contributed by atoms with Crippen LogP contribution in [0.1, 0.15) is 39.5 Å². The molecule has 7 nitrogen and oxygen atoms in total. The summed E-state index contributed by atoms with van der Waals surface area (Å²) in [6, 6.07) is 11.6. The van der Waals surface area contributed by atoms with Gasteiger partial charge in [0, 0.05) is 67.3 Å². The maximum atomic E-state index is 13.7. The monoisotopic (exact) mass is 617 g/mol. The van der Waals surface area contributed by atoms with Gasteiger partial charge in [0.1, 0.15) is 6.61 Å².